The lowest BCUT2D eigenvalue weighted by molar-refractivity contribution is -0.0255. The first-order chi connectivity index (χ1) is 16.1. The highest BCUT2D eigenvalue weighted by atomic mass is 16.5. The van der Waals surface area contributed by atoms with Crippen LogP contribution in [0.15, 0.2) is 54.9 Å². The monoisotopic (exact) mass is 445 g/mol. The van der Waals surface area contributed by atoms with Crippen LogP contribution >= 0.6 is 0 Å². The average molecular weight is 446 g/mol. The molecule has 1 aliphatic rings. The Balaban J connectivity index is 1.34. The quantitative estimate of drug-likeness (QED) is 0.416. The van der Waals surface area contributed by atoms with E-state index in [1.807, 2.05) is 36.4 Å². The van der Waals surface area contributed by atoms with Crippen LogP contribution in [0.1, 0.15) is 11.9 Å². The zero-order valence-electron chi connectivity index (χ0n) is 18.7. The van der Waals surface area contributed by atoms with E-state index in [0.29, 0.717) is 17.3 Å². The summed E-state index contributed by atoms with van der Waals surface area (Å²) in [6, 6.07) is 13.4. The SMILES string of the molecule is COc1ccnc(-c2ccnc(Nc3ccc4[nH]c(C(O)N5CCN(C)CC5)cc4c3)n2)c1. The standard InChI is InChI=1S/C24H27N7O2/c1-30-9-11-31(12-10-30)23(32)22-14-16-13-17(3-4-19(16)28-22)27-24-26-8-6-20(29-24)21-15-18(33-2)5-7-25-21/h3-8,13-15,23,28,32H,9-12H2,1-2H3,(H,26,27,29). The van der Waals surface area contributed by atoms with E-state index in [9.17, 15) is 5.11 Å². The van der Waals surface area contributed by atoms with Crippen molar-refractivity contribution in [2.45, 2.75) is 6.23 Å². The van der Waals surface area contributed by atoms with Gasteiger partial charge >= 0.3 is 0 Å². The summed E-state index contributed by atoms with van der Waals surface area (Å²) < 4.78 is 5.28. The van der Waals surface area contributed by atoms with Crippen LogP contribution in [0.4, 0.5) is 11.6 Å². The number of hydrogen-bond acceptors (Lipinski definition) is 8. The molecule has 0 bridgehead atoms. The Bertz CT molecular complexity index is 1250. The van der Waals surface area contributed by atoms with Gasteiger partial charge in [-0.3, -0.25) is 9.88 Å². The minimum absolute atomic E-state index is 0.477. The van der Waals surface area contributed by atoms with Crippen molar-refractivity contribution < 1.29 is 9.84 Å². The highest BCUT2D eigenvalue weighted by Gasteiger charge is 2.23. The Morgan fingerprint density at radius 2 is 1.82 bits per heavy atom. The van der Waals surface area contributed by atoms with Gasteiger partial charge in [-0.05, 0) is 43.4 Å². The third-order valence-electron chi connectivity index (χ3n) is 5.94. The van der Waals surface area contributed by atoms with Gasteiger partial charge in [-0.1, -0.05) is 0 Å². The minimum atomic E-state index is -0.641. The molecule has 1 fully saturated rings. The lowest BCUT2D eigenvalue weighted by Crippen LogP contribution is -2.46. The highest BCUT2D eigenvalue weighted by molar-refractivity contribution is 5.84. The number of piperazine rings is 1. The lowest BCUT2D eigenvalue weighted by atomic mass is 10.2. The van der Waals surface area contributed by atoms with Gasteiger partial charge in [0.15, 0.2) is 0 Å². The van der Waals surface area contributed by atoms with E-state index in [4.69, 9.17) is 4.74 Å². The Hall–Kier alpha value is -3.53. The maximum absolute atomic E-state index is 10.8. The number of likely N-dealkylation sites (N-methyl/N-ethyl adjacent to an activating group) is 1. The predicted octanol–water partition coefficient (Wildman–Crippen LogP) is 3.01. The van der Waals surface area contributed by atoms with Crippen molar-refractivity contribution in [1.82, 2.24) is 29.7 Å². The number of benzene rings is 1. The van der Waals surface area contributed by atoms with E-state index in [-0.39, 0.29) is 0 Å². The Morgan fingerprint density at radius 3 is 2.64 bits per heavy atom. The number of aliphatic hydroxyl groups excluding tert-OH is 1. The van der Waals surface area contributed by atoms with Crippen LogP contribution in [0.5, 0.6) is 5.75 Å². The van der Waals surface area contributed by atoms with Crippen molar-refractivity contribution in [2.75, 3.05) is 45.7 Å². The number of methoxy groups -OCH3 is 1. The average Bonchev–Trinajstić information content (AvgIpc) is 3.28. The van der Waals surface area contributed by atoms with Crippen LogP contribution in [-0.4, -0.2) is 75.2 Å². The maximum atomic E-state index is 10.8. The van der Waals surface area contributed by atoms with Gasteiger partial charge < -0.3 is 25.0 Å². The molecule has 0 amide bonds. The van der Waals surface area contributed by atoms with Gasteiger partial charge in [-0.2, -0.15) is 0 Å². The molecule has 9 heteroatoms. The first-order valence-corrected chi connectivity index (χ1v) is 10.9. The first-order valence-electron chi connectivity index (χ1n) is 10.9. The number of anilines is 2. The summed E-state index contributed by atoms with van der Waals surface area (Å²) in [5.41, 5.74) is 4.04. The van der Waals surface area contributed by atoms with Gasteiger partial charge in [0.2, 0.25) is 5.95 Å². The molecule has 0 spiro atoms. The fourth-order valence-electron chi connectivity index (χ4n) is 4.00. The number of ether oxygens (including phenoxy) is 1. The fourth-order valence-corrected chi connectivity index (χ4v) is 4.00. The normalized spacial score (nSPS) is 16.1. The van der Waals surface area contributed by atoms with Gasteiger partial charge in [0, 0.05) is 61.2 Å². The largest absolute Gasteiger partial charge is 0.497 e. The second-order valence-corrected chi connectivity index (χ2v) is 8.21. The molecule has 3 aromatic heterocycles. The number of pyridine rings is 1. The van der Waals surface area contributed by atoms with Crippen LogP contribution in [0.25, 0.3) is 22.3 Å². The number of aliphatic hydroxyl groups is 1. The molecule has 5 rings (SSSR count). The summed E-state index contributed by atoms with van der Waals surface area (Å²) in [7, 11) is 3.73. The number of aromatic nitrogens is 4. The number of aromatic amines is 1. The second-order valence-electron chi connectivity index (χ2n) is 8.21. The third-order valence-corrected chi connectivity index (χ3v) is 5.94. The zero-order chi connectivity index (χ0) is 22.8. The molecule has 1 atom stereocenters. The Labute approximate surface area is 192 Å². The predicted molar refractivity (Wildman–Crippen MR) is 127 cm³/mol. The van der Waals surface area contributed by atoms with E-state index in [2.05, 4.69) is 42.1 Å². The molecule has 3 N–H and O–H groups in total. The van der Waals surface area contributed by atoms with Crippen LogP contribution in [0, 0.1) is 0 Å². The van der Waals surface area contributed by atoms with Gasteiger partial charge in [0.1, 0.15) is 12.0 Å². The van der Waals surface area contributed by atoms with Crippen molar-refractivity contribution in [3.63, 3.8) is 0 Å². The Morgan fingerprint density at radius 1 is 1.00 bits per heavy atom. The molecule has 4 heterocycles. The summed E-state index contributed by atoms with van der Waals surface area (Å²) in [5, 5.41) is 15.1. The molecule has 0 saturated carbocycles. The summed E-state index contributed by atoms with van der Waals surface area (Å²) in [6.07, 6.45) is 2.75. The molecular weight excluding hydrogens is 418 g/mol. The number of nitrogens with one attached hydrogen (secondary N) is 2. The van der Waals surface area contributed by atoms with E-state index in [1.54, 1.807) is 25.6 Å². The molecule has 0 radical (unpaired) electrons. The molecule has 4 aromatic rings. The highest BCUT2D eigenvalue weighted by Crippen LogP contribution is 2.27. The number of H-pyrrole nitrogens is 1. The number of rotatable bonds is 6. The van der Waals surface area contributed by atoms with Gasteiger partial charge in [0.05, 0.1) is 24.2 Å². The maximum Gasteiger partial charge on any atom is 0.227 e. The van der Waals surface area contributed by atoms with Crippen molar-refractivity contribution in [2.24, 2.45) is 0 Å². The van der Waals surface area contributed by atoms with E-state index in [0.717, 1.165) is 54.2 Å². The van der Waals surface area contributed by atoms with E-state index >= 15 is 0 Å². The van der Waals surface area contributed by atoms with Crippen molar-refractivity contribution in [1.29, 1.82) is 0 Å². The van der Waals surface area contributed by atoms with Crippen molar-refractivity contribution in [3.8, 4) is 17.1 Å². The van der Waals surface area contributed by atoms with Crippen LogP contribution in [-0.2, 0) is 0 Å². The van der Waals surface area contributed by atoms with Crippen LogP contribution < -0.4 is 10.1 Å². The first kappa shape index (κ1) is 21.3. The van der Waals surface area contributed by atoms with Gasteiger partial charge in [-0.25, -0.2) is 9.97 Å². The molecular formula is C24H27N7O2. The molecule has 1 aromatic carbocycles. The summed E-state index contributed by atoms with van der Waals surface area (Å²) in [6.45, 7) is 3.59. The summed E-state index contributed by atoms with van der Waals surface area (Å²) >= 11 is 0. The molecule has 0 aliphatic carbocycles. The molecule has 33 heavy (non-hydrogen) atoms. The number of fused-ring (bicyclic) bond motifs is 1. The number of hydrogen-bond donors (Lipinski definition) is 3. The smallest absolute Gasteiger partial charge is 0.227 e. The molecule has 1 unspecified atom stereocenters. The van der Waals surface area contributed by atoms with Gasteiger partial charge in [0.25, 0.3) is 0 Å². The molecule has 9 nitrogen and oxygen atoms in total. The Kier molecular flexibility index (Phi) is 5.91. The second kappa shape index (κ2) is 9.14. The molecule has 1 aliphatic heterocycles. The van der Waals surface area contributed by atoms with Crippen molar-refractivity contribution >= 4 is 22.5 Å². The topological polar surface area (TPSA) is 102 Å². The molecule has 1 saturated heterocycles. The number of nitrogens with zero attached hydrogens (tertiary/aromatic N) is 5. The molecule has 170 valence electrons. The van der Waals surface area contributed by atoms with Crippen molar-refractivity contribution in [3.05, 3.63) is 60.6 Å². The summed E-state index contributed by atoms with van der Waals surface area (Å²) in [5.74, 6) is 1.20. The van der Waals surface area contributed by atoms with E-state index < -0.39 is 6.23 Å². The van der Waals surface area contributed by atoms with E-state index in [1.165, 1.54) is 0 Å². The zero-order valence-corrected chi connectivity index (χ0v) is 18.7. The van der Waals surface area contributed by atoms with Gasteiger partial charge in [-0.15, -0.1) is 0 Å². The minimum Gasteiger partial charge on any atom is -0.497 e. The third kappa shape index (κ3) is 4.65. The summed E-state index contributed by atoms with van der Waals surface area (Å²) in [4.78, 5) is 21.0. The fraction of sp³-hybridized carbons (Fsp3) is 0.292. The van der Waals surface area contributed by atoms with Crippen LogP contribution in [0.3, 0.4) is 0 Å². The van der Waals surface area contributed by atoms with Crippen LogP contribution in [0.2, 0.25) is 0 Å². The lowest BCUT2D eigenvalue weighted by Gasteiger charge is -2.35.